The van der Waals surface area contributed by atoms with Gasteiger partial charge in [-0.25, -0.2) is 0 Å². The van der Waals surface area contributed by atoms with E-state index in [2.05, 4.69) is 15.0 Å². The lowest BCUT2D eigenvalue weighted by Gasteiger charge is -2.24. The average molecular weight is 372 g/mol. The van der Waals surface area contributed by atoms with Crippen LogP contribution < -0.4 is 0 Å². The Bertz CT molecular complexity index is 1040. The number of nitrogens with zero attached hydrogens (tertiary/aromatic N) is 4. The quantitative estimate of drug-likeness (QED) is 0.429. The number of ketones is 1. The molecule has 4 heterocycles. The maximum atomic E-state index is 12.8. The van der Waals surface area contributed by atoms with Gasteiger partial charge in [-0.05, 0) is 42.0 Å². The van der Waals surface area contributed by atoms with Crippen molar-refractivity contribution < 1.29 is 14.7 Å². The van der Waals surface area contributed by atoms with Gasteiger partial charge in [0, 0.05) is 36.5 Å². The van der Waals surface area contributed by atoms with Crippen LogP contribution in [0.15, 0.2) is 79.0 Å². The summed E-state index contributed by atoms with van der Waals surface area (Å²) in [4.78, 5) is 39.3. The maximum absolute atomic E-state index is 12.8. The molecule has 0 saturated carbocycles. The Morgan fingerprint density at radius 2 is 1.61 bits per heavy atom. The predicted molar refractivity (Wildman–Crippen MR) is 101 cm³/mol. The van der Waals surface area contributed by atoms with Crippen molar-refractivity contribution in [2.24, 2.45) is 0 Å². The molecule has 1 saturated heterocycles. The van der Waals surface area contributed by atoms with Gasteiger partial charge < -0.3 is 10.0 Å². The average Bonchev–Trinajstić information content (AvgIpc) is 3.00. The first-order valence-electron chi connectivity index (χ1n) is 8.65. The monoisotopic (exact) mass is 372 g/mol. The fourth-order valence-electron chi connectivity index (χ4n) is 3.27. The molecule has 1 amide bonds. The lowest BCUT2D eigenvalue weighted by molar-refractivity contribution is -0.140. The molecule has 0 aromatic carbocycles. The third kappa shape index (κ3) is 3.14. The highest BCUT2D eigenvalue weighted by atomic mass is 16.3. The van der Waals surface area contributed by atoms with Crippen molar-refractivity contribution in [1.82, 2.24) is 19.9 Å². The molecule has 138 valence electrons. The summed E-state index contributed by atoms with van der Waals surface area (Å²) < 4.78 is 0. The van der Waals surface area contributed by atoms with Gasteiger partial charge in [-0.2, -0.15) is 0 Å². The van der Waals surface area contributed by atoms with Crippen LogP contribution in [0.1, 0.15) is 22.9 Å². The van der Waals surface area contributed by atoms with E-state index in [9.17, 15) is 14.7 Å². The van der Waals surface area contributed by atoms with Gasteiger partial charge in [0.1, 0.15) is 5.76 Å². The minimum absolute atomic E-state index is 0.0401. The van der Waals surface area contributed by atoms with Gasteiger partial charge in [0.15, 0.2) is 0 Å². The van der Waals surface area contributed by atoms with Gasteiger partial charge >= 0.3 is 0 Å². The van der Waals surface area contributed by atoms with E-state index in [4.69, 9.17) is 0 Å². The molecule has 28 heavy (non-hydrogen) atoms. The van der Waals surface area contributed by atoms with Gasteiger partial charge in [0.2, 0.25) is 0 Å². The van der Waals surface area contributed by atoms with Crippen molar-refractivity contribution in [2.75, 3.05) is 0 Å². The van der Waals surface area contributed by atoms with Gasteiger partial charge in [0.05, 0.1) is 23.9 Å². The van der Waals surface area contributed by atoms with E-state index >= 15 is 0 Å². The van der Waals surface area contributed by atoms with Crippen LogP contribution in [0.3, 0.4) is 0 Å². The molecular weight excluding hydrogens is 356 g/mol. The zero-order valence-corrected chi connectivity index (χ0v) is 14.8. The van der Waals surface area contributed by atoms with Crippen molar-refractivity contribution in [3.8, 4) is 0 Å². The van der Waals surface area contributed by atoms with Gasteiger partial charge in [-0.1, -0.05) is 6.07 Å². The summed E-state index contributed by atoms with van der Waals surface area (Å²) in [6, 6.07) is 11.3. The van der Waals surface area contributed by atoms with Crippen LogP contribution in [0.2, 0.25) is 0 Å². The van der Waals surface area contributed by atoms with Crippen LogP contribution in [0.25, 0.3) is 5.76 Å². The Kier molecular flexibility index (Phi) is 4.63. The molecule has 0 bridgehead atoms. The molecule has 0 aliphatic carbocycles. The number of Topliss-reactive ketones (excluding diaryl/α,β-unsaturated/α-hetero) is 1. The van der Waals surface area contributed by atoms with Crippen LogP contribution >= 0.6 is 0 Å². The first-order chi connectivity index (χ1) is 13.7. The molecular formula is C21H16N4O3. The largest absolute Gasteiger partial charge is 0.507 e. The third-order valence-electron chi connectivity index (χ3n) is 4.57. The van der Waals surface area contributed by atoms with Crippen LogP contribution in [-0.4, -0.2) is 36.6 Å². The highest BCUT2D eigenvalue weighted by Gasteiger charge is 2.46. The van der Waals surface area contributed by atoms with Crippen LogP contribution in [0.5, 0.6) is 0 Å². The smallest absolute Gasteiger partial charge is 0.296 e. The summed E-state index contributed by atoms with van der Waals surface area (Å²) in [5, 5.41) is 10.8. The van der Waals surface area contributed by atoms with Gasteiger partial charge in [0.25, 0.3) is 11.7 Å². The number of hydrogen-bond donors (Lipinski definition) is 1. The van der Waals surface area contributed by atoms with Crippen molar-refractivity contribution in [1.29, 1.82) is 0 Å². The maximum Gasteiger partial charge on any atom is 0.296 e. The summed E-state index contributed by atoms with van der Waals surface area (Å²) in [5.74, 6) is -1.64. The number of aliphatic hydroxyl groups is 1. The second-order valence-electron chi connectivity index (χ2n) is 6.26. The zero-order valence-electron chi connectivity index (χ0n) is 14.8. The normalized spacial score (nSPS) is 18.4. The number of amides is 1. The van der Waals surface area contributed by atoms with Gasteiger partial charge in [-0.3, -0.25) is 24.5 Å². The third-order valence-corrected chi connectivity index (χ3v) is 4.57. The fourth-order valence-corrected chi connectivity index (χ4v) is 3.27. The molecule has 1 unspecified atom stereocenters. The van der Waals surface area contributed by atoms with Crippen LogP contribution in [0.4, 0.5) is 0 Å². The molecule has 3 aromatic heterocycles. The van der Waals surface area contributed by atoms with Crippen molar-refractivity contribution in [2.45, 2.75) is 12.6 Å². The second-order valence-corrected chi connectivity index (χ2v) is 6.26. The Morgan fingerprint density at radius 3 is 2.25 bits per heavy atom. The van der Waals surface area contributed by atoms with Crippen LogP contribution in [0, 0.1) is 0 Å². The lowest BCUT2D eigenvalue weighted by Crippen LogP contribution is -2.29. The Hall–Kier alpha value is -3.87. The lowest BCUT2D eigenvalue weighted by atomic mass is 9.96. The zero-order chi connectivity index (χ0) is 19.5. The minimum Gasteiger partial charge on any atom is -0.507 e. The van der Waals surface area contributed by atoms with E-state index in [0.29, 0.717) is 16.8 Å². The molecule has 1 aliphatic heterocycles. The SMILES string of the molecule is O=C1C(=O)N(Cc2ccccn2)C(c2ccncc2)/C1=C(\O)c1ccncc1. The number of carbonyl (C=O) groups is 2. The number of aliphatic hydroxyl groups excluding tert-OH is 1. The number of rotatable bonds is 4. The number of pyridine rings is 3. The highest BCUT2D eigenvalue weighted by molar-refractivity contribution is 6.46. The van der Waals surface area contributed by atoms with E-state index in [1.807, 2.05) is 6.07 Å². The van der Waals surface area contributed by atoms with Crippen molar-refractivity contribution >= 4 is 17.4 Å². The molecule has 0 radical (unpaired) electrons. The van der Waals surface area contributed by atoms with E-state index in [1.54, 1.807) is 55.0 Å². The Labute approximate surface area is 161 Å². The van der Waals surface area contributed by atoms with Crippen LogP contribution in [-0.2, 0) is 16.1 Å². The number of likely N-dealkylation sites (tertiary alicyclic amines) is 1. The number of carbonyl (C=O) groups excluding carboxylic acids is 2. The molecule has 1 fully saturated rings. The van der Waals surface area contributed by atoms with Crippen molar-refractivity contribution in [3.05, 3.63) is 95.8 Å². The molecule has 0 spiro atoms. The summed E-state index contributed by atoms with van der Waals surface area (Å²) in [5.41, 5.74) is 1.79. The molecule has 4 rings (SSSR count). The number of aromatic nitrogens is 3. The minimum atomic E-state index is -0.738. The van der Waals surface area contributed by atoms with E-state index in [-0.39, 0.29) is 17.9 Å². The summed E-state index contributed by atoms with van der Waals surface area (Å²) in [6.45, 7) is 0.144. The van der Waals surface area contributed by atoms with E-state index < -0.39 is 17.7 Å². The highest BCUT2D eigenvalue weighted by Crippen LogP contribution is 2.39. The first-order valence-corrected chi connectivity index (χ1v) is 8.65. The first kappa shape index (κ1) is 17.5. The molecule has 1 aliphatic rings. The summed E-state index contributed by atoms with van der Waals surface area (Å²) in [6.07, 6.45) is 7.83. The molecule has 1 N–H and O–H groups in total. The summed E-state index contributed by atoms with van der Waals surface area (Å²) >= 11 is 0. The van der Waals surface area contributed by atoms with E-state index in [0.717, 1.165) is 0 Å². The second kappa shape index (κ2) is 7.40. The molecule has 1 atom stereocenters. The Balaban J connectivity index is 1.85. The number of hydrogen-bond acceptors (Lipinski definition) is 6. The fraction of sp³-hybridized carbons (Fsp3) is 0.0952. The molecule has 7 nitrogen and oxygen atoms in total. The predicted octanol–water partition coefficient (Wildman–Crippen LogP) is 2.49. The molecule has 7 heteroatoms. The topological polar surface area (TPSA) is 96.3 Å². The van der Waals surface area contributed by atoms with E-state index in [1.165, 1.54) is 17.3 Å². The summed E-state index contributed by atoms with van der Waals surface area (Å²) in [7, 11) is 0. The van der Waals surface area contributed by atoms with Gasteiger partial charge in [-0.15, -0.1) is 0 Å². The van der Waals surface area contributed by atoms with Crippen molar-refractivity contribution in [3.63, 3.8) is 0 Å². The molecule has 3 aromatic rings. The Morgan fingerprint density at radius 1 is 0.929 bits per heavy atom. The standard InChI is InChI=1S/C21H16N4O3/c26-19(15-6-11-23-12-7-15)17-18(14-4-9-22-10-5-14)25(21(28)20(17)27)13-16-3-1-2-8-24-16/h1-12,18,26H,13H2/b19-17+.